The molecule has 0 fully saturated rings. The average Bonchev–Trinajstić information content (AvgIpc) is 0.720. The summed E-state index contributed by atoms with van der Waals surface area (Å²) in [7, 11) is -8.09. The molecule has 1 unspecified atom stereocenters. The van der Waals surface area contributed by atoms with Gasteiger partial charge in [0.25, 0.3) is 0 Å². The molecule has 28 heteroatoms. The molecule has 13 nitrogen and oxygen atoms in total. The van der Waals surface area contributed by atoms with E-state index in [0.29, 0.717) is 101 Å². The first-order valence-corrected chi connectivity index (χ1v) is 38.5. The van der Waals surface area contributed by atoms with Gasteiger partial charge in [-0.05, 0) is 241 Å². The zero-order chi connectivity index (χ0) is 81.8. The van der Waals surface area contributed by atoms with Crippen molar-refractivity contribution in [3.05, 3.63) is 346 Å². The van der Waals surface area contributed by atoms with Gasteiger partial charge >= 0.3 is 36.1 Å². The molecular weight excluding hydrogens is 1570 g/mol. The van der Waals surface area contributed by atoms with E-state index in [1.807, 2.05) is 0 Å². The summed E-state index contributed by atoms with van der Waals surface area (Å²) in [5.41, 5.74) is -9.11. The molecule has 0 saturated heterocycles. The van der Waals surface area contributed by atoms with Crippen molar-refractivity contribution in [1.82, 2.24) is 0 Å². The molecule has 114 heavy (non-hydrogen) atoms. The number of hydrogen-bond donors (Lipinski definition) is 1. The molecule has 0 aliphatic carbocycles. The summed E-state index contributed by atoms with van der Waals surface area (Å²) in [6.07, 6.45) is -22.5. The lowest BCUT2D eigenvalue weighted by Gasteiger charge is -2.38. The van der Waals surface area contributed by atoms with Crippen LogP contribution in [0.25, 0.3) is 11.1 Å². The van der Waals surface area contributed by atoms with Crippen LogP contribution in [0.3, 0.4) is 0 Å². The fourth-order valence-corrected chi connectivity index (χ4v) is 15.7. The number of unbranched alkanes of at least 4 members (excludes halogenated alkanes) is 1. The Morgan fingerprint density at radius 2 is 0.702 bits per heavy atom. The minimum Gasteiger partial charge on any atom is -0.494 e. The van der Waals surface area contributed by atoms with E-state index in [2.05, 4.69) is 0 Å². The number of sulfone groups is 2. The maximum absolute atomic E-state index is 15.2. The Balaban J connectivity index is 0.618. The first-order chi connectivity index (χ1) is 54.0. The lowest BCUT2D eigenvalue weighted by molar-refractivity contribution is -0.290. The maximum Gasteiger partial charge on any atom is 0.411 e. The molecule has 0 radical (unpaired) electrons. The monoisotopic (exact) mass is 1630 g/mol. The molecule has 0 bridgehead atoms. The third-order valence-electron chi connectivity index (χ3n) is 18.9. The molecule has 0 spiro atoms. The molecule has 586 valence electrons. The van der Waals surface area contributed by atoms with Crippen molar-refractivity contribution in [2.24, 2.45) is 0 Å². The van der Waals surface area contributed by atoms with Crippen LogP contribution < -0.4 is 23.1 Å². The predicted octanol–water partition coefficient (Wildman–Crippen LogP) is 22.2. The van der Waals surface area contributed by atoms with Crippen molar-refractivity contribution < 1.29 is 111 Å². The Hall–Kier alpha value is -11.9. The fourth-order valence-electron chi connectivity index (χ4n) is 12.9. The highest BCUT2D eigenvalue weighted by Crippen LogP contribution is 2.58. The van der Waals surface area contributed by atoms with Gasteiger partial charge in [-0.25, -0.2) is 16.8 Å². The number of rotatable bonds is 27. The Morgan fingerprint density at radius 1 is 0.360 bits per heavy atom. The largest absolute Gasteiger partial charge is 0.494 e. The molecular formula is C86H62F12O13S3. The van der Waals surface area contributed by atoms with Crippen molar-refractivity contribution in [3.8, 4) is 57.1 Å². The minimum absolute atomic E-state index is 0.00729. The summed E-state index contributed by atoms with van der Waals surface area (Å²) in [6, 6.07) is 57.9. The average molecular weight is 1630 g/mol. The molecule has 1 N–H and O–H groups in total. The molecule has 0 aliphatic heterocycles. The van der Waals surface area contributed by atoms with Crippen molar-refractivity contribution in [2.75, 3.05) is 6.61 Å². The molecule has 0 aliphatic rings. The normalized spacial score (nSPS) is 12.7. The first-order valence-electron chi connectivity index (χ1n) is 34.5. The number of carbonyl (C=O) groups excluding carboxylic acids is 2. The van der Waals surface area contributed by atoms with E-state index in [1.54, 1.807) is 86.6 Å². The number of benzene rings is 12. The van der Waals surface area contributed by atoms with Gasteiger partial charge in [0.1, 0.15) is 46.0 Å². The second-order valence-electron chi connectivity index (χ2n) is 26.2. The summed E-state index contributed by atoms with van der Waals surface area (Å²) in [4.78, 5) is 26.7. The van der Waals surface area contributed by atoms with Gasteiger partial charge in [-0.15, -0.1) is 0 Å². The van der Waals surface area contributed by atoms with E-state index >= 15 is 52.7 Å². The van der Waals surface area contributed by atoms with Gasteiger partial charge in [-0.2, -0.15) is 56.9 Å². The van der Waals surface area contributed by atoms with Gasteiger partial charge < -0.3 is 23.1 Å². The van der Waals surface area contributed by atoms with Crippen LogP contribution in [0.1, 0.15) is 83.6 Å². The standard InChI is InChI=1S/C86H62F12O13S3/c1-54-9-43-74(44-10-54)113(103,104)76-47-39-71(40-48-76)109-69-35-25-64(26-36-69)82(85(93,94)95,86(96,97)98)65-27-37-70(38-28-65)110-72-41-49-77(50-42-72)114(105,106)75-45-12-56(13-46-75)6-3-4-51-107-66-31-21-62(22-32-66)81(83(87,88)89,84(90,91)92)63-23-33-68(34-24-63)108-67-29-19-59(20-30-67)79(99)58-17-15-57(16-18-58)60-14-11-55(2)78(53-60)80(100)61-7-5-8-73(52-61)111-112(101)102/h5,7-50,52-53H,3-4,6,51H2,1-2H3,(H,101,102). The van der Waals surface area contributed by atoms with E-state index in [1.165, 1.54) is 115 Å². The molecule has 0 saturated carbocycles. The zero-order valence-corrected chi connectivity index (χ0v) is 62.0. The van der Waals surface area contributed by atoms with Crippen molar-refractivity contribution in [1.29, 1.82) is 0 Å². The van der Waals surface area contributed by atoms with Gasteiger partial charge in [-0.1, -0.05) is 127 Å². The van der Waals surface area contributed by atoms with Crippen LogP contribution in [0, 0.1) is 13.8 Å². The van der Waals surface area contributed by atoms with Gasteiger partial charge in [0.05, 0.1) is 26.2 Å². The third kappa shape index (κ3) is 17.2. The Kier molecular flexibility index (Phi) is 23.4. The number of ether oxygens (including phenoxy) is 4. The predicted molar refractivity (Wildman–Crippen MR) is 399 cm³/mol. The van der Waals surface area contributed by atoms with Gasteiger partial charge in [0.2, 0.25) is 30.5 Å². The maximum atomic E-state index is 15.2. The second kappa shape index (κ2) is 32.7. The summed E-state index contributed by atoms with van der Waals surface area (Å²) in [5.74, 6) is -1.10. The summed E-state index contributed by atoms with van der Waals surface area (Å²) in [6.45, 7) is 3.53. The van der Waals surface area contributed by atoms with Crippen LogP contribution in [-0.4, -0.2) is 68.5 Å². The lowest BCUT2D eigenvalue weighted by atomic mass is 9.73. The first kappa shape index (κ1) is 81.6. The van der Waals surface area contributed by atoms with Crippen LogP contribution in [0.2, 0.25) is 0 Å². The molecule has 12 aromatic rings. The fraction of sp³-hybridized carbons (Fsp3) is 0.140. The summed E-state index contributed by atoms with van der Waals surface area (Å²) < 4.78 is 283. The number of aryl methyl sites for hydroxylation is 3. The lowest BCUT2D eigenvalue weighted by Crippen LogP contribution is -2.54. The third-order valence-corrected chi connectivity index (χ3v) is 22.8. The Bertz CT molecular complexity index is 5680. The van der Waals surface area contributed by atoms with E-state index < -0.39 is 88.8 Å². The van der Waals surface area contributed by atoms with Crippen molar-refractivity contribution in [2.45, 2.75) is 88.2 Å². The van der Waals surface area contributed by atoms with Gasteiger partial charge in [0.15, 0.2) is 11.6 Å². The quantitative estimate of drug-likeness (QED) is 0.0222. The number of halogens is 12. The molecule has 1 atom stereocenters. The van der Waals surface area contributed by atoms with Gasteiger partial charge in [0, 0.05) is 22.3 Å². The molecule has 12 aromatic carbocycles. The molecule has 0 aromatic heterocycles. The SMILES string of the molecule is Cc1ccc(S(=O)(=O)c2ccc(Oc3ccc(C(c4ccc(Oc5ccc(S(=O)(=O)c6ccc(CCCCOc7ccc(C(c8ccc(Oc9ccc(C(=O)c%10ccc(-c%11ccc(C)c(C(=O)c%12cccc(OS(=O)O)c%12)c%11)cc%10)cc9)cc8)(C(F)(F)F)C(F)(F)F)cc7)cc6)cc5)cc4)(C(F)(F)F)C(F)(F)F)cc3)cc2)cc1. The zero-order valence-electron chi connectivity index (χ0n) is 59.6. The van der Waals surface area contributed by atoms with E-state index in [4.69, 9.17) is 27.7 Å². The van der Waals surface area contributed by atoms with Crippen LogP contribution in [0.4, 0.5) is 52.7 Å². The van der Waals surface area contributed by atoms with Crippen LogP contribution in [0.15, 0.2) is 305 Å². The highest BCUT2D eigenvalue weighted by Gasteiger charge is 2.74. The van der Waals surface area contributed by atoms with Gasteiger partial charge in [-0.3, -0.25) is 14.1 Å². The van der Waals surface area contributed by atoms with E-state index in [9.17, 15) is 30.6 Å². The van der Waals surface area contributed by atoms with Crippen LogP contribution >= 0.6 is 0 Å². The number of carbonyl (C=O) groups is 2. The second-order valence-corrected chi connectivity index (χ2v) is 30.7. The highest BCUT2D eigenvalue weighted by atomic mass is 32.2. The minimum atomic E-state index is -5.95. The Labute approximate surface area is 648 Å². The number of alkyl halides is 12. The van der Waals surface area contributed by atoms with E-state index in [-0.39, 0.29) is 94.9 Å². The molecule has 0 amide bonds. The summed E-state index contributed by atoms with van der Waals surface area (Å²) >= 11 is -2.59. The molecule has 12 rings (SSSR count). The van der Waals surface area contributed by atoms with E-state index in [0.717, 1.165) is 54.1 Å². The van der Waals surface area contributed by atoms with Crippen molar-refractivity contribution in [3.63, 3.8) is 0 Å². The number of ketones is 2. The summed E-state index contributed by atoms with van der Waals surface area (Å²) in [5, 5.41) is 0. The van der Waals surface area contributed by atoms with Crippen LogP contribution in [-0.2, 0) is 48.3 Å². The molecule has 0 heterocycles. The van der Waals surface area contributed by atoms with Crippen molar-refractivity contribution >= 4 is 42.6 Å². The Morgan fingerprint density at radius 3 is 1.09 bits per heavy atom. The number of hydrogen-bond acceptors (Lipinski definition) is 12. The smallest absolute Gasteiger partial charge is 0.411 e. The topological polar surface area (TPSA) is 186 Å². The highest BCUT2D eigenvalue weighted by molar-refractivity contribution is 7.91. The van der Waals surface area contributed by atoms with Crippen LogP contribution in [0.5, 0.6) is 46.0 Å².